The lowest BCUT2D eigenvalue weighted by Crippen LogP contribution is -2.28. The SMILES string of the molecule is O=C(Cc1cccc(Oc2ccccc2)c1)NCc1cc(Cl)cc2ccc(=O)n(C(=O)O)c12. The Kier molecular flexibility index (Phi) is 6.42. The van der Waals surface area contributed by atoms with Crippen LogP contribution < -0.4 is 15.6 Å². The van der Waals surface area contributed by atoms with E-state index in [1.807, 2.05) is 36.4 Å². The summed E-state index contributed by atoms with van der Waals surface area (Å²) in [5.74, 6) is 1.02. The number of hydrogen-bond acceptors (Lipinski definition) is 4. The molecule has 8 heteroatoms. The fourth-order valence-corrected chi connectivity index (χ4v) is 3.78. The maximum atomic E-state index is 12.6. The van der Waals surface area contributed by atoms with Crippen LogP contribution in [0.3, 0.4) is 0 Å². The molecule has 1 amide bonds. The van der Waals surface area contributed by atoms with Crippen LogP contribution in [0.15, 0.2) is 83.7 Å². The Morgan fingerprint density at radius 2 is 1.70 bits per heavy atom. The van der Waals surface area contributed by atoms with Crippen molar-refractivity contribution in [2.45, 2.75) is 13.0 Å². The van der Waals surface area contributed by atoms with E-state index in [0.29, 0.717) is 32.0 Å². The largest absolute Gasteiger partial charge is 0.464 e. The molecule has 166 valence electrons. The minimum absolute atomic E-state index is 0.00678. The molecule has 7 nitrogen and oxygen atoms in total. The Balaban J connectivity index is 1.51. The number of pyridine rings is 1. The number of amides is 1. The second-order valence-corrected chi connectivity index (χ2v) is 7.74. The molecule has 1 aromatic heterocycles. The predicted octanol–water partition coefficient (Wildman–Crippen LogP) is 4.83. The summed E-state index contributed by atoms with van der Waals surface area (Å²) >= 11 is 6.16. The summed E-state index contributed by atoms with van der Waals surface area (Å²) in [4.78, 5) is 36.3. The minimum atomic E-state index is -1.41. The number of carbonyl (C=O) groups excluding carboxylic acids is 1. The van der Waals surface area contributed by atoms with Gasteiger partial charge in [-0.05, 0) is 53.6 Å². The first-order valence-corrected chi connectivity index (χ1v) is 10.4. The second kappa shape index (κ2) is 9.58. The van der Waals surface area contributed by atoms with Crippen molar-refractivity contribution >= 4 is 34.5 Å². The zero-order valence-corrected chi connectivity index (χ0v) is 18.1. The average molecular weight is 463 g/mol. The third-order valence-electron chi connectivity index (χ3n) is 4.94. The van der Waals surface area contributed by atoms with E-state index in [0.717, 1.165) is 5.56 Å². The summed E-state index contributed by atoms with van der Waals surface area (Å²) in [6.07, 6.45) is -1.31. The molecule has 0 saturated carbocycles. The Hall–Kier alpha value is -4.10. The molecule has 0 bridgehead atoms. The molecule has 0 aliphatic carbocycles. The lowest BCUT2D eigenvalue weighted by Gasteiger charge is -2.13. The molecular formula is C25H19ClN2O5. The second-order valence-electron chi connectivity index (χ2n) is 7.31. The van der Waals surface area contributed by atoms with Crippen molar-refractivity contribution in [1.29, 1.82) is 0 Å². The Bertz CT molecular complexity index is 1400. The molecule has 0 atom stereocenters. The zero-order valence-electron chi connectivity index (χ0n) is 17.3. The van der Waals surface area contributed by atoms with E-state index in [-0.39, 0.29) is 24.4 Å². The van der Waals surface area contributed by atoms with Gasteiger partial charge in [0, 0.05) is 23.0 Å². The average Bonchev–Trinajstić information content (AvgIpc) is 2.78. The standard InChI is InChI=1S/C25H19ClN2O5/c26-19-13-17-9-10-23(30)28(25(31)32)24(17)18(14-19)15-27-22(29)12-16-5-4-8-21(11-16)33-20-6-2-1-3-7-20/h1-11,13-14H,12,15H2,(H,27,29)(H,31,32). The maximum Gasteiger partial charge on any atom is 0.419 e. The highest BCUT2D eigenvalue weighted by Gasteiger charge is 2.15. The van der Waals surface area contributed by atoms with Crippen molar-refractivity contribution in [2.24, 2.45) is 0 Å². The number of hydrogen-bond donors (Lipinski definition) is 2. The van der Waals surface area contributed by atoms with Crippen LogP contribution in [-0.2, 0) is 17.8 Å². The third-order valence-corrected chi connectivity index (χ3v) is 5.16. The molecule has 0 radical (unpaired) electrons. The van der Waals surface area contributed by atoms with Gasteiger partial charge in [0.15, 0.2) is 0 Å². The van der Waals surface area contributed by atoms with Gasteiger partial charge in [0.25, 0.3) is 5.56 Å². The first-order valence-electron chi connectivity index (χ1n) is 10.1. The lowest BCUT2D eigenvalue weighted by atomic mass is 10.1. The van der Waals surface area contributed by atoms with Crippen LogP contribution in [0, 0.1) is 0 Å². The van der Waals surface area contributed by atoms with Crippen molar-refractivity contribution in [2.75, 3.05) is 0 Å². The molecular weight excluding hydrogens is 444 g/mol. The molecule has 0 saturated heterocycles. The summed E-state index contributed by atoms with van der Waals surface area (Å²) in [5.41, 5.74) is 0.685. The molecule has 0 spiro atoms. The van der Waals surface area contributed by atoms with E-state index >= 15 is 0 Å². The highest BCUT2D eigenvalue weighted by atomic mass is 35.5. The summed E-state index contributed by atoms with van der Waals surface area (Å²) in [5, 5.41) is 13.1. The van der Waals surface area contributed by atoms with Crippen LogP contribution in [0.2, 0.25) is 5.02 Å². The number of benzene rings is 3. The van der Waals surface area contributed by atoms with Gasteiger partial charge in [-0.25, -0.2) is 9.36 Å². The third kappa shape index (κ3) is 5.22. The fourth-order valence-electron chi connectivity index (χ4n) is 3.53. The Morgan fingerprint density at radius 1 is 0.939 bits per heavy atom. The molecule has 0 aliphatic heterocycles. The number of fused-ring (bicyclic) bond motifs is 1. The number of para-hydroxylation sites is 1. The highest BCUT2D eigenvalue weighted by Crippen LogP contribution is 2.24. The number of carboxylic acid groups (broad SMARTS) is 1. The quantitative estimate of drug-likeness (QED) is 0.427. The van der Waals surface area contributed by atoms with Crippen LogP contribution in [0.4, 0.5) is 4.79 Å². The molecule has 3 aromatic carbocycles. The van der Waals surface area contributed by atoms with Gasteiger partial charge in [-0.15, -0.1) is 0 Å². The fraction of sp³-hybridized carbons (Fsp3) is 0.0800. The summed E-state index contributed by atoms with van der Waals surface area (Å²) in [7, 11) is 0. The lowest BCUT2D eigenvalue weighted by molar-refractivity contribution is -0.120. The maximum absolute atomic E-state index is 12.6. The van der Waals surface area contributed by atoms with Crippen LogP contribution in [0.1, 0.15) is 11.1 Å². The summed E-state index contributed by atoms with van der Waals surface area (Å²) in [6.45, 7) is 0.00678. The number of rotatable bonds is 6. The van der Waals surface area contributed by atoms with Crippen molar-refractivity contribution in [3.8, 4) is 11.5 Å². The molecule has 4 aromatic rings. The first-order chi connectivity index (χ1) is 15.9. The van der Waals surface area contributed by atoms with Gasteiger partial charge in [0.1, 0.15) is 11.5 Å². The predicted molar refractivity (Wildman–Crippen MR) is 125 cm³/mol. The van der Waals surface area contributed by atoms with Gasteiger partial charge in [0.2, 0.25) is 5.91 Å². The topological polar surface area (TPSA) is 97.6 Å². The van der Waals surface area contributed by atoms with Crippen LogP contribution in [-0.4, -0.2) is 21.7 Å². The normalized spacial score (nSPS) is 10.7. The highest BCUT2D eigenvalue weighted by molar-refractivity contribution is 6.31. The Morgan fingerprint density at radius 3 is 2.45 bits per heavy atom. The molecule has 4 rings (SSSR count). The number of nitrogens with one attached hydrogen (secondary N) is 1. The van der Waals surface area contributed by atoms with E-state index in [2.05, 4.69) is 5.32 Å². The van der Waals surface area contributed by atoms with E-state index < -0.39 is 11.7 Å². The first kappa shape index (κ1) is 22.1. The van der Waals surface area contributed by atoms with E-state index in [1.54, 1.807) is 24.3 Å². The van der Waals surface area contributed by atoms with Crippen molar-refractivity contribution < 1.29 is 19.4 Å². The van der Waals surface area contributed by atoms with Gasteiger partial charge in [-0.2, -0.15) is 0 Å². The van der Waals surface area contributed by atoms with Crippen molar-refractivity contribution in [3.05, 3.63) is 105 Å². The molecule has 33 heavy (non-hydrogen) atoms. The van der Waals surface area contributed by atoms with Gasteiger partial charge in [-0.1, -0.05) is 41.9 Å². The van der Waals surface area contributed by atoms with E-state index in [9.17, 15) is 19.5 Å². The minimum Gasteiger partial charge on any atom is -0.464 e. The molecule has 0 unspecified atom stereocenters. The van der Waals surface area contributed by atoms with E-state index in [1.165, 1.54) is 18.2 Å². The smallest absolute Gasteiger partial charge is 0.419 e. The zero-order chi connectivity index (χ0) is 23.4. The van der Waals surface area contributed by atoms with E-state index in [4.69, 9.17) is 16.3 Å². The molecule has 0 aliphatic rings. The summed E-state index contributed by atoms with van der Waals surface area (Å²) in [6, 6.07) is 22.3. The van der Waals surface area contributed by atoms with Crippen LogP contribution >= 0.6 is 11.6 Å². The number of ether oxygens (including phenoxy) is 1. The van der Waals surface area contributed by atoms with Crippen molar-refractivity contribution in [1.82, 2.24) is 9.88 Å². The van der Waals surface area contributed by atoms with Gasteiger partial charge in [-0.3, -0.25) is 9.59 Å². The van der Waals surface area contributed by atoms with Gasteiger partial charge < -0.3 is 15.2 Å². The molecule has 1 heterocycles. The van der Waals surface area contributed by atoms with Crippen LogP contribution in [0.5, 0.6) is 11.5 Å². The number of carbonyl (C=O) groups is 2. The molecule has 0 fully saturated rings. The number of halogens is 1. The molecule has 2 N–H and O–H groups in total. The monoisotopic (exact) mass is 462 g/mol. The number of nitrogens with zero attached hydrogens (tertiary/aromatic N) is 1. The van der Waals surface area contributed by atoms with Crippen molar-refractivity contribution in [3.63, 3.8) is 0 Å². The van der Waals surface area contributed by atoms with Gasteiger partial charge >= 0.3 is 6.09 Å². The Labute approximate surface area is 193 Å². The number of aromatic nitrogens is 1. The van der Waals surface area contributed by atoms with Crippen LogP contribution in [0.25, 0.3) is 10.9 Å². The summed E-state index contributed by atoms with van der Waals surface area (Å²) < 4.78 is 6.45. The van der Waals surface area contributed by atoms with Gasteiger partial charge in [0.05, 0.1) is 11.9 Å².